The van der Waals surface area contributed by atoms with Crippen molar-refractivity contribution in [2.45, 2.75) is 13.8 Å². The van der Waals surface area contributed by atoms with Crippen LogP contribution in [0.3, 0.4) is 0 Å². The van der Waals surface area contributed by atoms with Crippen LogP contribution in [0.4, 0.5) is 0 Å². The zero-order valence-electron chi connectivity index (χ0n) is 10.6. The number of carbonyl (C=O) groups is 1. The number of hydrogen-bond acceptors (Lipinski definition) is 3. The maximum Gasteiger partial charge on any atom is 0.247 e. The molecule has 0 aliphatic carbocycles. The molecule has 2 N–H and O–H groups in total. The summed E-state index contributed by atoms with van der Waals surface area (Å²) in [6.45, 7) is 10.9. The molecule has 0 unspecified atom stereocenters. The van der Waals surface area contributed by atoms with Crippen molar-refractivity contribution < 1.29 is 9.53 Å². The number of rotatable bonds is 6. The van der Waals surface area contributed by atoms with Crippen LogP contribution in [0.1, 0.15) is 19.7 Å². The third-order valence-electron chi connectivity index (χ3n) is 2.00. The normalized spacial score (nSPS) is 10.9. The summed E-state index contributed by atoms with van der Waals surface area (Å²) in [4.78, 5) is 18.6. The summed E-state index contributed by atoms with van der Waals surface area (Å²) in [6.07, 6.45) is 4.98. The number of nitrogens with one attached hydrogen (secondary N) is 2. The number of aromatic nitrogens is 2. The van der Waals surface area contributed by atoms with Gasteiger partial charge in [0.05, 0.1) is 12.3 Å². The average molecular weight is 247 g/mol. The lowest BCUT2D eigenvalue weighted by Crippen LogP contribution is -2.26. The number of hydrogen-bond donors (Lipinski definition) is 2. The molecular weight excluding hydrogens is 230 g/mol. The van der Waals surface area contributed by atoms with Gasteiger partial charge in [-0.2, -0.15) is 0 Å². The molecule has 5 heteroatoms. The fourth-order valence-electron chi connectivity index (χ4n) is 1.23. The van der Waals surface area contributed by atoms with Crippen LogP contribution in [0.5, 0.6) is 0 Å². The molecule has 0 bridgehead atoms. The number of imidazole rings is 1. The van der Waals surface area contributed by atoms with Gasteiger partial charge in [0.15, 0.2) is 0 Å². The Morgan fingerprint density at radius 1 is 1.56 bits per heavy atom. The molecule has 96 valence electrons. The largest absolute Gasteiger partial charge is 0.466 e. The molecule has 0 saturated heterocycles. The molecule has 0 atom stereocenters. The van der Waals surface area contributed by atoms with Crippen molar-refractivity contribution in [3.63, 3.8) is 0 Å². The topological polar surface area (TPSA) is 67.0 Å². The lowest BCUT2D eigenvalue weighted by Gasteiger charge is -2.09. The summed E-state index contributed by atoms with van der Waals surface area (Å²) in [5.74, 6) is 1.43. The highest BCUT2D eigenvalue weighted by Gasteiger charge is 2.05. The van der Waals surface area contributed by atoms with Crippen LogP contribution < -0.4 is 5.32 Å². The predicted molar refractivity (Wildman–Crippen MR) is 70.3 cm³/mol. The van der Waals surface area contributed by atoms with Gasteiger partial charge in [0.25, 0.3) is 0 Å². The summed E-state index contributed by atoms with van der Waals surface area (Å²) >= 11 is 0. The molecule has 0 aliphatic rings. The lowest BCUT2D eigenvalue weighted by molar-refractivity contribution is -0.117. The van der Waals surface area contributed by atoms with Gasteiger partial charge in [-0.05, 0) is 19.9 Å². The second kappa shape index (κ2) is 6.44. The van der Waals surface area contributed by atoms with Crippen LogP contribution in [0.25, 0.3) is 6.08 Å². The van der Waals surface area contributed by atoms with E-state index in [0.29, 0.717) is 22.9 Å². The van der Waals surface area contributed by atoms with E-state index in [1.165, 1.54) is 0 Å². The Kier molecular flexibility index (Phi) is 4.92. The van der Waals surface area contributed by atoms with Crippen LogP contribution in [-0.4, -0.2) is 22.4 Å². The monoisotopic (exact) mass is 247 g/mol. The number of allylic oxidation sites excluding steroid dienone is 1. The molecule has 1 amide bonds. The van der Waals surface area contributed by atoms with Gasteiger partial charge < -0.3 is 15.0 Å². The van der Waals surface area contributed by atoms with Crippen LogP contribution in [-0.2, 0) is 9.53 Å². The first-order chi connectivity index (χ1) is 8.49. The van der Waals surface area contributed by atoms with E-state index in [1.807, 2.05) is 0 Å². The first kappa shape index (κ1) is 13.8. The number of nitrogens with zero attached hydrogens (tertiary/aromatic N) is 1. The zero-order valence-corrected chi connectivity index (χ0v) is 10.6. The van der Waals surface area contributed by atoms with E-state index in [0.717, 1.165) is 0 Å². The van der Waals surface area contributed by atoms with Gasteiger partial charge in [0, 0.05) is 18.0 Å². The Hall–Kier alpha value is -2.30. The van der Waals surface area contributed by atoms with Gasteiger partial charge in [0.1, 0.15) is 11.6 Å². The average Bonchev–Trinajstić information content (AvgIpc) is 2.77. The highest BCUT2D eigenvalue weighted by molar-refractivity contribution is 5.96. The molecular formula is C13H17N3O2. The molecule has 0 aromatic carbocycles. The molecule has 1 aromatic heterocycles. The Labute approximate surface area is 106 Å². The minimum atomic E-state index is -0.196. The fourth-order valence-corrected chi connectivity index (χ4v) is 1.23. The van der Waals surface area contributed by atoms with E-state index >= 15 is 0 Å². The molecule has 1 aromatic rings. The molecule has 5 nitrogen and oxygen atoms in total. The van der Waals surface area contributed by atoms with Gasteiger partial charge in [0.2, 0.25) is 5.91 Å². The summed E-state index contributed by atoms with van der Waals surface area (Å²) in [5, 5.41) is 2.69. The van der Waals surface area contributed by atoms with Crippen molar-refractivity contribution in [3.8, 4) is 0 Å². The third kappa shape index (κ3) is 4.69. The first-order valence-electron chi connectivity index (χ1n) is 5.46. The van der Waals surface area contributed by atoms with E-state index in [-0.39, 0.29) is 12.5 Å². The Balaban J connectivity index is 2.46. The number of carbonyl (C=O) groups excluding carboxylic acids is 1. The van der Waals surface area contributed by atoms with Gasteiger partial charge >= 0.3 is 0 Å². The molecule has 1 heterocycles. The van der Waals surface area contributed by atoms with Crippen molar-refractivity contribution in [1.82, 2.24) is 15.3 Å². The summed E-state index contributed by atoms with van der Waals surface area (Å²) in [6, 6.07) is 0. The SMILES string of the molecule is C=C(C)OC(=C)CNC(=O)/C(C)=C/c1ncc[nH]1. The van der Waals surface area contributed by atoms with Crippen molar-refractivity contribution in [3.05, 3.63) is 48.5 Å². The summed E-state index contributed by atoms with van der Waals surface area (Å²) in [7, 11) is 0. The van der Waals surface area contributed by atoms with Gasteiger partial charge in [-0.3, -0.25) is 4.79 Å². The summed E-state index contributed by atoms with van der Waals surface area (Å²) < 4.78 is 5.14. The van der Waals surface area contributed by atoms with Gasteiger partial charge in [-0.15, -0.1) is 0 Å². The summed E-state index contributed by atoms with van der Waals surface area (Å²) in [5.41, 5.74) is 0.549. The second-order valence-corrected chi connectivity index (χ2v) is 3.83. The maximum absolute atomic E-state index is 11.7. The third-order valence-corrected chi connectivity index (χ3v) is 2.00. The van der Waals surface area contributed by atoms with Crippen LogP contribution in [0.2, 0.25) is 0 Å². The number of aromatic amines is 1. The van der Waals surface area contributed by atoms with Crippen LogP contribution in [0, 0.1) is 0 Å². The van der Waals surface area contributed by atoms with E-state index in [1.54, 1.807) is 32.3 Å². The van der Waals surface area contributed by atoms with Gasteiger partial charge in [-0.25, -0.2) is 4.98 Å². The fraction of sp³-hybridized carbons (Fsp3) is 0.231. The molecule has 0 spiro atoms. The first-order valence-corrected chi connectivity index (χ1v) is 5.46. The molecule has 0 radical (unpaired) electrons. The number of amides is 1. The van der Waals surface area contributed by atoms with E-state index < -0.39 is 0 Å². The maximum atomic E-state index is 11.7. The number of H-pyrrole nitrogens is 1. The molecule has 1 rings (SSSR count). The van der Waals surface area contributed by atoms with Crippen molar-refractivity contribution in [1.29, 1.82) is 0 Å². The molecule has 18 heavy (non-hydrogen) atoms. The highest BCUT2D eigenvalue weighted by atomic mass is 16.5. The minimum Gasteiger partial charge on any atom is -0.466 e. The highest BCUT2D eigenvalue weighted by Crippen LogP contribution is 2.03. The van der Waals surface area contributed by atoms with Crippen LogP contribution in [0.15, 0.2) is 42.6 Å². The van der Waals surface area contributed by atoms with Crippen LogP contribution >= 0.6 is 0 Å². The predicted octanol–water partition coefficient (Wildman–Crippen LogP) is 1.99. The zero-order chi connectivity index (χ0) is 13.5. The van der Waals surface area contributed by atoms with E-state index in [2.05, 4.69) is 28.4 Å². The smallest absolute Gasteiger partial charge is 0.247 e. The van der Waals surface area contributed by atoms with E-state index in [9.17, 15) is 4.79 Å². The quantitative estimate of drug-likeness (QED) is 0.596. The minimum absolute atomic E-state index is 0.196. The van der Waals surface area contributed by atoms with E-state index in [4.69, 9.17) is 4.74 Å². The Morgan fingerprint density at radius 3 is 2.83 bits per heavy atom. The number of ether oxygens (including phenoxy) is 1. The van der Waals surface area contributed by atoms with Crippen molar-refractivity contribution >= 4 is 12.0 Å². The van der Waals surface area contributed by atoms with Crippen molar-refractivity contribution in [2.24, 2.45) is 0 Å². The molecule has 0 fully saturated rings. The Morgan fingerprint density at radius 2 is 2.28 bits per heavy atom. The molecule has 0 saturated carbocycles. The Bertz CT molecular complexity index is 472. The second-order valence-electron chi connectivity index (χ2n) is 3.83. The molecule has 0 aliphatic heterocycles. The lowest BCUT2D eigenvalue weighted by atomic mass is 10.2. The van der Waals surface area contributed by atoms with Crippen molar-refractivity contribution in [2.75, 3.05) is 6.54 Å². The van der Waals surface area contributed by atoms with Gasteiger partial charge in [-0.1, -0.05) is 13.2 Å². The standard InChI is InChI=1S/C13H17N3O2/c1-9(2)18-11(4)8-16-13(17)10(3)7-12-14-5-6-15-12/h5-7H,1,4,8H2,2-3H3,(H,14,15)(H,16,17)/b10-7+.